The van der Waals surface area contributed by atoms with Gasteiger partial charge in [-0.15, -0.1) is 0 Å². The fourth-order valence-electron chi connectivity index (χ4n) is 1.94. The fraction of sp³-hybridized carbons (Fsp3) is 0.364. The van der Waals surface area contributed by atoms with Crippen molar-refractivity contribution in [2.45, 2.75) is 18.7 Å². The second-order valence-electron chi connectivity index (χ2n) is 4.09. The molecule has 1 N–H and O–H groups in total. The molecule has 3 nitrogen and oxygen atoms in total. The molecular formula is C11H7Cl2F3O3. The summed E-state index contributed by atoms with van der Waals surface area (Å²) in [6.45, 7) is 0. The van der Waals surface area contributed by atoms with Crippen molar-refractivity contribution in [3.05, 3.63) is 27.7 Å². The van der Waals surface area contributed by atoms with Crippen LogP contribution in [0.3, 0.4) is 0 Å². The largest absolute Gasteiger partial charge is 0.481 e. The van der Waals surface area contributed by atoms with Gasteiger partial charge in [0, 0.05) is 15.6 Å². The normalized spacial score (nSPS) is 22.6. The van der Waals surface area contributed by atoms with E-state index < -0.39 is 24.2 Å². The number of halogens is 5. The number of alkyl halides is 3. The molecule has 0 saturated heterocycles. The number of rotatable bonds is 1. The van der Waals surface area contributed by atoms with E-state index in [0.29, 0.717) is 0 Å². The lowest BCUT2D eigenvalue weighted by atomic mass is 9.90. The van der Waals surface area contributed by atoms with E-state index in [1.54, 1.807) is 0 Å². The number of aliphatic carboxylic acids is 1. The van der Waals surface area contributed by atoms with Crippen molar-refractivity contribution in [3.63, 3.8) is 0 Å². The van der Waals surface area contributed by atoms with Crippen molar-refractivity contribution in [2.75, 3.05) is 0 Å². The summed E-state index contributed by atoms with van der Waals surface area (Å²) in [5, 5.41) is 9.11. The van der Waals surface area contributed by atoms with Crippen molar-refractivity contribution in [2.24, 2.45) is 5.92 Å². The van der Waals surface area contributed by atoms with Gasteiger partial charge in [0.2, 0.25) is 6.10 Å². The number of hydrogen-bond donors (Lipinski definition) is 1. The monoisotopic (exact) mass is 314 g/mol. The van der Waals surface area contributed by atoms with E-state index >= 15 is 0 Å². The molecule has 2 unspecified atom stereocenters. The minimum Gasteiger partial charge on any atom is -0.481 e. The first kappa shape index (κ1) is 14.3. The van der Waals surface area contributed by atoms with E-state index in [-0.39, 0.29) is 27.8 Å². The van der Waals surface area contributed by atoms with Crippen molar-refractivity contribution < 1.29 is 27.8 Å². The first-order valence-electron chi connectivity index (χ1n) is 5.14. The Labute approximate surface area is 115 Å². The Morgan fingerprint density at radius 2 is 2.00 bits per heavy atom. The molecule has 1 aromatic rings. The van der Waals surface area contributed by atoms with Crippen LogP contribution in [0.4, 0.5) is 13.2 Å². The predicted octanol–water partition coefficient (Wildman–Crippen LogP) is 3.56. The number of carbonyl (C=O) groups is 1. The Hall–Kier alpha value is -1.14. The molecule has 104 valence electrons. The minimum absolute atomic E-state index is 0.0920. The molecule has 1 heterocycles. The van der Waals surface area contributed by atoms with E-state index in [9.17, 15) is 18.0 Å². The van der Waals surface area contributed by atoms with Gasteiger partial charge in [0.05, 0.1) is 0 Å². The third-order valence-electron chi connectivity index (χ3n) is 2.80. The molecule has 0 aromatic heterocycles. The number of ether oxygens (including phenoxy) is 1. The molecule has 0 spiro atoms. The predicted molar refractivity (Wildman–Crippen MR) is 61.8 cm³/mol. The van der Waals surface area contributed by atoms with Gasteiger partial charge in [-0.25, -0.2) is 0 Å². The maximum Gasteiger partial charge on any atom is 0.426 e. The molecule has 2 atom stereocenters. The smallest absolute Gasteiger partial charge is 0.426 e. The molecule has 0 aliphatic carbocycles. The molecule has 0 fully saturated rings. The quantitative estimate of drug-likeness (QED) is 0.862. The summed E-state index contributed by atoms with van der Waals surface area (Å²) in [4.78, 5) is 11.0. The topological polar surface area (TPSA) is 46.5 Å². The van der Waals surface area contributed by atoms with Crippen LogP contribution in [0, 0.1) is 5.92 Å². The lowest BCUT2D eigenvalue weighted by Crippen LogP contribution is -2.47. The first-order chi connectivity index (χ1) is 8.70. The second-order valence-corrected chi connectivity index (χ2v) is 4.94. The van der Waals surface area contributed by atoms with E-state index in [1.807, 2.05) is 0 Å². The van der Waals surface area contributed by atoms with Gasteiger partial charge in [-0.2, -0.15) is 13.2 Å². The average molecular weight is 315 g/mol. The highest BCUT2D eigenvalue weighted by molar-refractivity contribution is 6.35. The van der Waals surface area contributed by atoms with Gasteiger partial charge in [0.25, 0.3) is 0 Å². The van der Waals surface area contributed by atoms with Crippen LogP contribution >= 0.6 is 23.2 Å². The van der Waals surface area contributed by atoms with Crippen LogP contribution in [0.15, 0.2) is 12.1 Å². The fourth-order valence-corrected chi connectivity index (χ4v) is 2.49. The molecular weight excluding hydrogens is 308 g/mol. The van der Waals surface area contributed by atoms with Gasteiger partial charge in [0.15, 0.2) is 0 Å². The van der Waals surface area contributed by atoms with Crippen molar-refractivity contribution >= 4 is 29.2 Å². The molecule has 1 aliphatic rings. The third-order valence-corrected chi connectivity index (χ3v) is 3.36. The van der Waals surface area contributed by atoms with Crippen LogP contribution in [-0.2, 0) is 11.2 Å². The number of carboxylic acid groups (broad SMARTS) is 1. The van der Waals surface area contributed by atoms with Crippen LogP contribution in [-0.4, -0.2) is 23.4 Å². The highest BCUT2D eigenvalue weighted by Gasteiger charge is 2.52. The summed E-state index contributed by atoms with van der Waals surface area (Å²) in [6, 6.07) is 2.53. The maximum atomic E-state index is 12.8. The molecule has 1 aromatic carbocycles. The van der Waals surface area contributed by atoms with E-state index in [1.165, 1.54) is 12.1 Å². The summed E-state index contributed by atoms with van der Waals surface area (Å²) < 4.78 is 43.1. The molecule has 8 heteroatoms. The molecule has 0 saturated carbocycles. The van der Waals surface area contributed by atoms with Crippen LogP contribution in [0.2, 0.25) is 10.0 Å². The van der Waals surface area contributed by atoms with Crippen LogP contribution in [0.25, 0.3) is 0 Å². The Balaban J connectivity index is 2.48. The van der Waals surface area contributed by atoms with Gasteiger partial charge in [-0.1, -0.05) is 23.2 Å². The van der Waals surface area contributed by atoms with Gasteiger partial charge < -0.3 is 9.84 Å². The summed E-state index contributed by atoms with van der Waals surface area (Å²) in [5.41, 5.74) is 0.221. The lowest BCUT2D eigenvalue weighted by Gasteiger charge is -2.32. The summed E-state index contributed by atoms with van der Waals surface area (Å²) in [5.74, 6) is -3.44. The Morgan fingerprint density at radius 3 is 2.53 bits per heavy atom. The Bertz CT molecular complexity index is 531. The van der Waals surface area contributed by atoms with Gasteiger partial charge in [0.1, 0.15) is 11.7 Å². The lowest BCUT2D eigenvalue weighted by molar-refractivity contribution is -0.217. The van der Waals surface area contributed by atoms with E-state index in [4.69, 9.17) is 33.0 Å². The van der Waals surface area contributed by atoms with Crippen molar-refractivity contribution in [1.29, 1.82) is 0 Å². The molecule has 0 bridgehead atoms. The molecule has 0 radical (unpaired) electrons. The summed E-state index contributed by atoms with van der Waals surface area (Å²) >= 11 is 11.5. The van der Waals surface area contributed by atoms with Crippen LogP contribution in [0.5, 0.6) is 5.75 Å². The highest BCUT2D eigenvalue weighted by Crippen LogP contribution is 2.42. The summed E-state index contributed by atoms with van der Waals surface area (Å²) in [6.07, 6.45) is -7.55. The second kappa shape index (κ2) is 4.76. The maximum absolute atomic E-state index is 12.8. The number of hydrogen-bond acceptors (Lipinski definition) is 2. The third kappa shape index (κ3) is 2.74. The van der Waals surface area contributed by atoms with E-state index in [2.05, 4.69) is 0 Å². The zero-order valence-electron chi connectivity index (χ0n) is 9.17. The highest BCUT2D eigenvalue weighted by atomic mass is 35.5. The van der Waals surface area contributed by atoms with Crippen molar-refractivity contribution in [1.82, 2.24) is 0 Å². The number of benzene rings is 1. The van der Waals surface area contributed by atoms with E-state index in [0.717, 1.165) is 0 Å². The first-order valence-corrected chi connectivity index (χ1v) is 5.90. The summed E-state index contributed by atoms with van der Waals surface area (Å²) in [7, 11) is 0. The molecule has 1 aliphatic heterocycles. The average Bonchev–Trinajstić information content (AvgIpc) is 2.25. The SMILES string of the molecule is O=C(O)C1Cc2c(Cl)cc(Cl)cc2OC1C(F)(F)F. The standard InChI is InChI=1S/C11H7Cl2F3O3/c12-4-1-7(13)5-3-6(10(17)18)9(11(14,15)16)19-8(5)2-4/h1-2,6,9H,3H2,(H,17,18). The van der Waals surface area contributed by atoms with Gasteiger partial charge in [-0.05, 0) is 18.6 Å². The van der Waals surface area contributed by atoms with Crippen LogP contribution in [0.1, 0.15) is 5.56 Å². The van der Waals surface area contributed by atoms with Crippen molar-refractivity contribution in [3.8, 4) is 5.75 Å². The van der Waals surface area contributed by atoms with Gasteiger partial charge in [-0.3, -0.25) is 4.79 Å². The Kier molecular flexibility index (Phi) is 3.57. The molecule has 0 amide bonds. The molecule has 19 heavy (non-hydrogen) atoms. The zero-order valence-corrected chi connectivity index (χ0v) is 10.7. The number of carboxylic acids is 1. The zero-order chi connectivity index (χ0) is 14.4. The minimum atomic E-state index is -4.78. The van der Waals surface area contributed by atoms with Gasteiger partial charge >= 0.3 is 12.1 Å². The Morgan fingerprint density at radius 1 is 1.37 bits per heavy atom. The number of fused-ring (bicyclic) bond motifs is 1. The molecule has 2 rings (SSSR count). The van der Waals surface area contributed by atoms with Crippen LogP contribution < -0.4 is 4.74 Å².